The molecular formula is C28H38IOPSi. The Kier molecular flexibility index (Phi) is 10.6. The first-order valence-corrected chi connectivity index (χ1v) is 17.0. The molecule has 0 aliphatic heterocycles. The van der Waals surface area contributed by atoms with Crippen LogP contribution in [-0.2, 0) is 4.43 Å². The van der Waals surface area contributed by atoms with Gasteiger partial charge in [-0.25, -0.2) is 0 Å². The summed E-state index contributed by atoms with van der Waals surface area (Å²) in [4.78, 5) is 0. The Hall–Kier alpha value is -1.00. The zero-order valence-electron chi connectivity index (χ0n) is 20.2. The van der Waals surface area contributed by atoms with Gasteiger partial charge in [0.05, 0.1) is 12.3 Å². The molecule has 0 aliphatic rings. The topological polar surface area (TPSA) is 9.23 Å². The molecule has 3 aromatic carbocycles. The van der Waals surface area contributed by atoms with Crippen LogP contribution in [0.15, 0.2) is 91.0 Å². The van der Waals surface area contributed by atoms with Gasteiger partial charge >= 0.3 is 0 Å². The van der Waals surface area contributed by atoms with E-state index in [-0.39, 0.29) is 24.0 Å². The molecule has 1 nitrogen and oxygen atoms in total. The van der Waals surface area contributed by atoms with E-state index in [0.717, 1.165) is 19.0 Å². The Bertz CT molecular complexity index is 816. The fourth-order valence-corrected chi connectivity index (χ4v) is 9.99. The summed E-state index contributed by atoms with van der Waals surface area (Å²) >= 11 is 0. The summed E-state index contributed by atoms with van der Waals surface area (Å²) in [5, 5.41) is 4.38. The van der Waals surface area contributed by atoms with Crippen molar-refractivity contribution >= 4 is 31.5 Å². The van der Waals surface area contributed by atoms with Crippen LogP contribution in [0.25, 0.3) is 0 Å². The highest BCUT2D eigenvalue weighted by molar-refractivity contribution is 7.95. The summed E-state index contributed by atoms with van der Waals surface area (Å²) in [5.41, 5.74) is 0. The van der Waals surface area contributed by atoms with E-state index in [4.69, 9.17) is 4.43 Å². The Morgan fingerprint density at radius 3 is 1.41 bits per heavy atom. The van der Waals surface area contributed by atoms with Gasteiger partial charge in [-0.3, -0.25) is 0 Å². The van der Waals surface area contributed by atoms with Crippen molar-refractivity contribution in [2.45, 2.75) is 52.4 Å². The predicted molar refractivity (Wildman–Crippen MR) is 142 cm³/mol. The van der Waals surface area contributed by atoms with Crippen LogP contribution in [-0.4, -0.2) is 20.6 Å². The molecule has 2 atom stereocenters. The van der Waals surface area contributed by atoms with Crippen molar-refractivity contribution in [2.24, 2.45) is 5.92 Å². The van der Waals surface area contributed by atoms with Crippen LogP contribution < -0.4 is 39.9 Å². The van der Waals surface area contributed by atoms with Crippen molar-refractivity contribution in [1.29, 1.82) is 0 Å². The lowest BCUT2D eigenvalue weighted by Crippen LogP contribution is -3.00. The van der Waals surface area contributed by atoms with Crippen LogP contribution in [0, 0.1) is 5.92 Å². The third-order valence-corrected chi connectivity index (χ3v) is 11.6. The van der Waals surface area contributed by atoms with E-state index >= 15 is 0 Å². The predicted octanol–water partition coefficient (Wildman–Crippen LogP) is 3.64. The largest absolute Gasteiger partial charge is 1.00 e. The van der Waals surface area contributed by atoms with Crippen molar-refractivity contribution in [3.05, 3.63) is 91.0 Å². The third-order valence-electron chi connectivity index (χ3n) is 6.12. The highest BCUT2D eigenvalue weighted by atomic mass is 127. The molecule has 0 spiro atoms. The summed E-state index contributed by atoms with van der Waals surface area (Å²) < 4.78 is 6.75. The minimum atomic E-state index is -1.79. The molecule has 0 N–H and O–H groups in total. The van der Waals surface area contributed by atoms with E-state index in [0.29, 0.717) is 12.0 Å². The van der Waals surface area contributed by atoms with Gasteiger partial charge in [0, 0.05) is 6.42 Å². The van der Waals surface area contributed by atoms with Crippen molar-refractivity contribution in [1.82, 2.24) is 0 Å². The summed E-state index contributed by atoms with van der Waals surface area (Å²) in [6.07, 6.45) is 3.69. The molecule has 3 aromatic rings. The molecule has 172 valence electrons. The van der Waals surface area contributed by atoms with E-state index in [1.165, 1.54) is 15.9 Å². The third kappa shape index (κ3) is 6.76. The van der Waals surface area contributed by atoms with Crippen molar-refractivity contribution in [2.75, 3.05) is 6.16 Å². The molecule has 3 rings (SSSR count). The lowest BCUT2D eigenvalue weighted by molar-refractivity contribution is -0.00000840. The number of hydrogen-bond donors (Lipinski definition) is 0. The van der Waals surface area contributed by atoms with Gasteiger partial charge in [0.2, 0.25) is 0 Å². The summed E-state index contributed by atoms with van der Waals surface area (Å²) in [6.45, 7) is 11.6. The normalized spacial score (nSPS) is 13.8. The van der Waals surface area contributed by atoms with Gasteiger partial charge < -0.3 is 28.4 Å². The SMILES string of the molecule is CCC(C)C(CC[P+](c1ccccc1)(c1ccccc1)c1ccccc1)O[Si](C)(C)C.[I-]. The van der Waals surface area contributed by atoms with Crippen LogP contribution in [0.3, 0.4) is 0 Å². The van der Waals surface area contributed by atoms with Gasteiger partial charge in [0.1, 0.15) is 23.2 Å². The van der Waals surface area contributed by atoms with Gasteiger partial charge in [-0.2, -0.15) is 0 Å². The second-order valence-electron chi connectivity index (χ2n) is 9.48. The average molecular weight is 577 g/mol. The number of benzene rings is 3. The van der Waals surface area contributed by atoms with Crippen LogP contribution in [0.5, 0.6) is 0 Å². The molecule has 0 saturated heterocycles. The first-order chi connectivity index (χ1) is 14.9. The molecule has 0 fully saturated rings. The maximum Gasteiger partial charge on any atom is 0.184 e. The molecule has 2 unspecified atom stereocenters. The first kappa shape index (κ1) is 27.2. The molecule has 0 aliphatic carbocycles. The zero-order chi connectivity index (χ0) is 22.3. The zero-order valence-corrected chi connectivity index (χ0v) is 24.2. The fraction of sp³-hybridized carbons (Fsp3) is 0.357. The summed E-state index contributed by atoms with van der Waals surface area (Å²) in [6, 6.07) is 33.6. The molecule has 0 bridgehead atoms. The van der Waals surface area contributed by atoms with E-state index in [1.54, 1.807) is 0 Å². The van der Waals surface area contributed by atoms with Gasteiger partial charge in [0.25, 0.3) is 0 Å². The van der Waals surface area contributed by atoms with Gasteiger partial charge in [0.15, 0.2) is 8.32 Å². The number of hydrogen-bond acceptors (Lipinski definition) is 1. The lowest BCUT2D eigenvalue weighted by Gasteiger charge is -2.33. The monoisotopic (exact) mass is 576 g/mol. The molecule has 0 heterocycles. The number of halogens is 1. The van der Waals surface area contributed by atoms with E-state index in [1.807, 2.05) is 0 Å². The molecule has 0 amide bonds. The van der Waals surface area contributed by atoms with Crippen LogP contribution in [0.1, 0.15) is 26.7 Å². The fourth-order valence-electron chi connectivity index (χ4n) is 4.38. The Morgan fingerprint density at radius 1 is 0.719 bits per heavy atom. The minimum absolute atomic E-state index is 0. The molecular weight excluding hydrogens is 538 g/mol. The highest BCUT2D eigenvalue weighted by Gasteiger charge is 2.45. The van der Waals surface area contributed by atoms with Crippen molar-refractivity contribution in [3.8, 4) is 0 Å². The van der Waals surface area contributed by atoms with Crippen LogP contribution in [0.2, 0.25) is 19.6 Å². The maximum atomic E-state index is 6.75. The lowest BCUT2D eigenvalue weighted by atomic mass is 10.0. The van der Waals surface area contributed by atoms with Gasteiger partial charge in [-0.1, -0.05) is 74.9 Å². The van der Waals surface area contributed by atoms with Crippen LogP contribution >= 0.6 is 7.26 Å². The van der Waals surface area contributed by atoms with Crippen LogP contribution in [0.4, 0.5) is 0 Å². The number of rotatable bonds is 10. The second-order valence-corrected chi connectivity index (χ2v) is 17.6. The average Bonchev–Trinajstić information content (AvgIpc) is 2.79. The van der Waals surface area contributed by atoms with E-state index < -0.39 is 15.6 Å². The quantitative estimate of drug-likeness (QED) is 0.204. The Balaban J connectivity index is 0.00000363. The first-order valence-electron chi connectivity index (χ1n) is 11.6. The smallest absolute Gasteiger partial charge is 0.184 e. The minimum Gasteiger partial charge on any atom is -1.00 e. The Morgan fingerprint density at radius 2 is 1.09 bits per heavy atom. The molecule has 4 heteroatoms. The van der Waals surface area contributed by atoms with E-state index in [9.17, 15) is 0 Å². The van der Waals surface area contributed by atoms with Gasteiger partial charge in [-0.05, 0) is 62.0 Å². The summed E-state index contributed by atoms with van der Waals surface area (Å²) in [5.74, 6) is 0.566. The van der Waals surface area contributed by atoms with Gasteiger partial charge in [-0.15, -0.1) is 0 Å². The molecule has 0 radical (unpaired) electrons. The van der Waals surface area contributed by atoms with E-state index in [2.05, 4.69) is 124 Å². The second kappa shape index (κ2) is 12.5. The maximum absolute atomic E-state index is 6.75. The van der Waals surface area contributed by atoms with Crippen molar-refractivity contribution in [3.63, 3.8) is 0 Å². The molecule has 0 aromatic heterocycles. The molecule has 32 heavy (non-hydrogen) atoms. The highest BCUT2D eigenvalue weighted by Crippen LogP contribution is 2.56. The van der Waals surface area contributed by atoms with Crippen molar-refractivity contribution < 1.29 is 28.4 Å². The Labute approximate surface area is 214 Å². The standard InChI is InChI=1S/C28H38OPSi.HI/c1-6-24(2)28(29-31(3,4)5)22-23-30(25-16-10-7-11-17-25,26-18-12-8-13-19-26)27-20-14-9-15-21-27;/h7-21,24,28H,6,22-23H2,1-5H3;1H/q+1;/p-1. The molecule has 0 saturated carbocycles. The summed E-state index contributed by atoms with van der Waals surface area (Å²) in [7, 11) is -3.41.